The van der Waals surface area contributed by atoms with Gasteiger partial charge in [-0.25, -0.2) is 0 Å². The van der Waals surface area contributed by atoms with Crippen molar-refractivity contribution in [3.63, 3.8) is 0 Å². The first-order valence-electron chi connectivity index (χ1n) is 7.57. The Labute approximate surface area is 136 Å². The molecule has 1 aromatic heterocycles. The lowest BCUT2D eigenvalue weighted by Crippen LogP contribution is -2.29. The van der Waals surface area contributed by atoms with Crippen molar-refractivity contribution in [2.75, 3.05) is 0 Å². The first kappa shape index (κ1) is 14.7. The third-order valence-corrected chi connectivity index (χ3v) is 4.95. The molecular weight excluding hydrogens is 312 g/mol. The van der Waals surface area contributed by atoms with Gasteiger partial charge < -0.3 is 24.5 Å². The number of phenols is 3. The predicted octanol–water partition coefficient (Wildman–Crippen LogP) is 3.12. The molecule has 0 saturated heterocycles. The summed E-state index contributed by atoms with van der Waals surface area (Å²) in [5.41, 5.74) is 0.170. The molecule has 0 amide bonds. The zero-order valence-electron chi connectivity index (χ0n) is 13.4. The molecule has 0 spiro atoms. The number of ether oxygens (including phenoxy) is 1. The number of fused-ring (bicyclic) bond motifs is 4. The molecule has 1 aliphatic rings. The van der Waals surface area contributed by atoms with Crippen LogP contribution in [-0.2, 0) is 5.41 Å². The molecule has 1 aliphatic heterocycles. The van der Waals surface area contributed by atoms with E-state index in [-0.39, 0.29) is 39.5 Å². The Bertz CT molecular complexity index is 1080. The quantitative estimate of drug-likeness (QED) is 0.433. The normalized spacial score (nSPS) is 18.7. The number of phenolic OH excluding ortho intramolecular Hbond substituents is 3. The fourth-order valence-electron chi connectivity index (χ4n) is 3.25. The average Bonchev–Trinajstić information content (AvgIpc) is 2.71. The van der Waals surface area contributed by atoms with E-state index in [4.69, 9.17) is 9.15 Å². The molecule has 6 nitrogen and oxygen atoms in total. The molecule has 24 heavy (non-hydrogen) atoms. The minimum absolute atomic E-state index is 0.0390. The molecule has 0 fully saturated rings. The summed E-state index contributed by atoms with van der Waals surface area (Å²) in [5, 5.41) is 29.8. The summed E-state index contributed by atoms with van der Waals surface area (Å²) >= 11 is 0. The minimum atomic E-state index is -0.475. The Morgan fingerprint density at radius 2 is 1.71 bits per heavy atom. The van der Waals surface area contributed by atoms with E-state index in [2.05, 4.69) is 0 Å². The van der Waals surface area contributed by atoms with Crippen molar-refractivity contribution in [3.8, 4) is 23.0 Å². The number of aromatic hydroxyl groups is 3. The van der Waals surface area contributed by atoms with E-state index in [0.29, 0.717) is 11.3 Å². The van der Waals surface area contributed by atoms with E-state index in [0.717, 1.165) is 6.07 Å². The van der Waals surface area contributed by atoms with Gasteiger partial charge in [0, 0.05) is 23.1 Å². The van der Waals surface area contributed by atoms with Crippen LogP contribution in [-0.4, -0.2) is 21.4 Å². The van der Waals surface area contributed by atoms with Crippen molar-refractivity contribution in [1.82, 2.24) is 0 Å². The second kappa shape index (κ2) is 4.35. The molecule has 2 aromatic carbocycles. The maximum atomic E-state index is 12.8. The Balaban J connectivity index is 2.25. The summed E-state index contributed by atoms with van der Waals surface area (Å²) in [5.74, 6) is -0.572. The van der Waals surface area contributed by atoms with E-state index in [1.165, 1.54) is 12.1 Å². The summed E-state index contributed by atoms with van der Waals surface area (Å²) in [6.07, 6.45) is -0.160. The molecule has 0 unspecified atom stereocenters. The van der Waals surface area contributed by atoms with Crippen LogP contribution in [0.25, 0.3) is 21.9 Å². The van der Waals surface area contributed by atoms with Gasteiger partial charge in [-0.2, -0.15) is 0 Å². The van der Waals surface area contributed by atoms with Crippen molar-refractivity contribution in [1.29, 1.82) is 0 Å². The highest BCUT2D eigenvalue weighted by atomic mass is 16.5. The van der Waals surface area contributed by atoms with Gasteiger partial charge in [-0.1, -0.05) is 13.8 Å². The molecule has 2 heterocycles. The average molecular weight is 328 g/mol. The van der Waals surface area contributed by atoms with Crippen molar-refractivity contribution in [3.05, 3.63) is 34.0 Å². The van der Waals surface area contributed by atoms with Gasteiger partial charge in [-0.15, -0.1) is 0 Å². The molecule has 4 rings (SSSR count). The van der Waals surface area contributed by atoms with Crippen molar-refractivity contribution in [2.45, 2.75) is 32.3 Å². The molecule has 0 radical (unpaired) electrons. The molecule has 0 aliphatic carbocycles. The van der Waals surface area contributed by atoms with Crippen LogP contribution in [0.1, 0.15) is 26.3 Å². The number of rotatable bonds is 0. The van der Waals surface area contributed by atoms with Crippen LogP contribution in [0.15, 0.2) is 27.4 Å². The molecule has 6 heteroatoms. The van der Waals surface area contributed by atoms with Gasteiger partial charge in [-0.3, -0.25) is 4.79 Å². The second-order valence-electron chi connectivity index (χ2n) is 6.72. The number of benzene rings is 2. The largest absolute Gasteiger partial charge is 0.507 e. The predicted molar refractivity (Wildman–Crippen MR) is 88.1 cm³/mol. The zero-order valence-corrected chi connectivity index (χ0v) is 13.4. The van der Waals surface area contributed by atoms with Crippen LogP contribution < -0.4 is 10.2 Å². The first-order valence-corrected chi connectivity index (χ1v) is 7.57. The topological polar surface area (TPSA) is 100 Å². The lowest BCUT2D eigenvalue weighted by molar-refractivity contribution is 0.185. The Kier molecular flexibility index (Phi) is 2.66. The van der Waals surface area contributed by atoms with Crippen molar-refractivity contribution in [2.24, 2.45) is 0 Å². The summed E-state index contributed by atoms with van der Waals surface area (Å²) in [6.45, 7) is 5.85. The van der Waals surface area contributed by atoms with Crippen LogP contribution in [0.4, 0.5) is 0 Å². The van der Waals surface area contributed by atoms with Gasteiger partial charge in [-0.05, 0) is 13.0 Å². The lowest BCUT2D eigenvalue weighted by atomic mass is 9.81. The van der Waals surface area contributed by atoms with E-state index >= 15 is 0 Å². The second-order valence-corrected chi connectivity index (χ2v) is 6.72. The highest BCUT2D eigenvalue weighted by Gasteiger charge is 2.42. The first-order chi connectivity index (χ1) is 11.2. The Morgan fingerprint density at radius 1 is 1.04 bits per heavy atom. The van der Waals surface area contributed by atoms with Gasteiger partial charge in [0.1, 0.15) is 34.2 Å². The highest BCUT2D eigenvalue weighted by Crippen LogP contribution is 2.49. The van der Waals surface area contributed by atoms with E-state index in [1.54, 1.807) is 0 Å². The van der Waals surface area contributed by atoms with Gasteiger partial charge in [0.15, 0.2) is 11.5 Å². The lowest BCUT2D eigenvalue weighted by Gasteiger charge is -2.22. The molecule has 3 aromatic rings. The van der Waals surface area contributed by atoms with Crippen LogP contribution in [0.5, 0.6) is 23.0 Å². The van der Waals surface area contributed by atoms with E-state index in [9.17, 15) is 20.1 Å². The third-order valence-electron chi connectivity index (χ3n) is 4.95. The molecule has 124 valence electrons. The van der Waals surface area contributed by atoms with Gasteiger partial charge in [0.05, 0.1) is 5.39 Å². The van der Waals surface area contributed by atoms with Crippen molar-refractivity contribution < 1.29 is 24.5 Å². The fourth-order valence-corrected chi connectivity index (χ4v) is 3.25. The molecule has 0 saturated carbocycles. The van der Waals surface area contributed by atoms with Crippen LogP contribution in [0.3, 0.4) is 0 Å². The minimum Gasteiger partial charge on any atom is -0.507 e. The van der Waals surface area contributed by atoms with Crippen LogP contribution in [0, 0.1) is 0 Å². The van der Waals surface area contributed by atoms with Gasteiger partial charge >= 0.3 is 0 Å². The smallest absolute Gasteiger partial charge is 0.204 e. The maximum Gasteiger partial charge on any atom is 0.204 e. The van der Waals surface area contributed by atoms with E-state index < -0.39 is 16.6 Å². The zero-order chi connectivity index (χ0) is 17.4. The molecule has 3 N–H and O–H groups in total. The number of hydrogen-bond donors (Lipinski definition) is 3. The van der Waals surface area contributed by atoms with E-state index in [1.807, 2.05) is 20.8 Å². The van der Waals surface area contributed by atoms with Gasteiger partial charge in [0.2, 0.25) is 5.43 Å². The summed E-state index contributed by atoms with van der Waals surface area (Å²) in [7, 11) is 0. The fraction of sp³-hybridized carbons (Fsp3) is 0.278. The number of hydrogen-bond acceptors (Lipinski definition) is 6. The van der Waals surface area contributed by atoms with Crippen LogP contribution in [0.2, 0.25) is 0 Å². The van der Waals surface area contributed by atoms with Gasteiger partial charge in [0.25, 0.3) is 0 Å². The molecule has 1 atom stereocenters. The Morgan fingerprint density at radius 3 is 2.42 bits per heavy atom. The molecule has 0 bridgehead atoms. The maximum absolute atomic E-state index is 12.8. The summed E-state index contributed by atoms with van der Waals surface area (Å²) in [4.78, 5) is 12.8. The van der Waals surface area contributed by atoms with Crippen molar-refractivity contribution >= 4 is 21.9 Å². The Hall–Kier alpha value is -2.89. The summed E-state index contributed by atoms with van der Waals surface area (Å²) in [6, 6.07) is 3.74. The monoisotopic (exact) mass is 328 g/mol. The van der Waals surface area contributed by atoms with Crippen LogP contribution >= 0.6 is 0 Å². The summed E-state index contributed by atoms with van der Waals surface area (Å²) < 4.78 is 11.7. The third kappa shape index (κ3) is 1.68. The molecular formula is C18H16O6. The SMILES string of the molecule is C[C@@H]1Oc2cc(O)c3c(=O)c4cc(O)c(O)cc4oc3c2C1(C)C. The highest BCUT2D eigenvalue weighted by molar-refractivity contribution is 5.97. The standard InChI is InChI=1S/C18H16O6/c1-7-18(2,3)15-13(23-7)6-11(21)14-16(22)8-4-9(19)10(20)5-12(8)24-17(14)15/h4-7,19-21H,1-3H3/t7-/m0/s1.